The van der Waals surface area contributed by atoms with Gasteiger partial charge in [0.2, 0.25) is 0 Å². The number of nitrogens with zero attached hydrogens (tertiary/aromatic N) is 2. The zero-order valence-corrected chi connectivity index (χ0v) is 16.5. The van der Waals surface area contributed by atoms with Crippen molar-refractivity contribution in [3.8, 4) is 35.3 Å². The lowest BCUT2D eigenvalue weighted by Gasteiger charge is -2.26. The molecule has 5 heteroatoms. The number of rotatable bonds is 6. The Morgan fingerprint density at radius 2 is 1.31 bits per heavy atom. The molecule has 3 rings (SSSR count). The number of ether oxygens (including phenoxy) is 3. The lowest BCUT2D eigenvalue weighted by Crippen LogP contribution is -2.18. The van der Waals surface area contributed by atoms with Crippen LogP contribution in [0.25, 0.3) is 0 Å². The van der Waals surface area contributed by atoms with Crippen molar-refractivity contribution in [2.24, 2.45) is 0 Å². The second-order valence-corrected chi connectivity index (χ2v) is 6.94. The summed E-state index contributed by atoms with van der Waals surface area (Å²) in [6, 6.07) is 22.6. The number of hydrogen-bond donors (Lipinski definition) is 0. The summed E-state index contributed by atoms with van der Waals surface area (Å²) in [4.78, 5) is 0. The van der Waals surface area contributed by atoms with Crippen molar-refractivity contribution in [1.82, 2.24) is 0 Å². The predicted molar refractivity (Wildman–Crippen MR) is 109 cm³/mol. The summed E-state index contributed by atoms with van der Waals surface area (Å²) in [5.41, 5.74) is 2.38. The first-order valence-electron chi connectivity index (χ1n) is 9.01. The molecule has 0 aliphatic heterocycles. The summed E-state index contributed by atoms with van der Waals surface area (Å²) in [6.07, 6.45) is 1.57. The van der Waals surface area contributed by atoms with E-state index in [-0.39, 0.29) is 16.7 Å². The average Bonchev–Trinajstić information content (AvgIpc) is 2.75. The second-order valence-electron chi connectivity index (χ2n) is 6.94. The van der Waals surface area contributed by atoms with Crippen molar-refractivity contribution in [3.05, 3.63) is 83.4 Å². The number of hydrogen-bond acceptors (Lipinski definition) is 5. The molecule has 0 radical (unpaired) electrons. The summed E-state index contributed by atoms with van der Waals surface area (Å²) in [5, 5.41) is 17.8. The van der Waals surface area contributed by atoms with Gasteiger partial charge in [0, 0.05) is 11.5 Å². The highest BCUT2D eigenvalue weighted by molar-refractivity contribution is 5.49. The molecule has 0 fully saturated rings. The van der Waals surface area contributed by atoms with Crippen LogP contribution in [0, 0.1) is 22.8 Å². The van der Waals surface area contributed by atoms with Gasteiger partial charge in [-0.3, -0.25) is 0 Å². The summed E-state index contributed by atoms with van der Waals surface area (Å²) in [5.74, 6) is 2.18. The van der Waals surface area contributed by atoms with Crippen LogP contribution in [0.2, 0.25) is 0 Å². The molecule has 0 spiro atoms. The van der Waals surface area contributed by atoms with Gasteiger partial charge in [0.05, 0.1) is 12.7 Å². The van der Waals surface area contributed by atoms with Gasteiger partial charge < -0.3 is 14.2 Å². The maximum atomic E-state index is 9.20. The van der Waals surface area contributed by atoms with E-state index in [0.29, 0.717) is 11.5 Å². The minimum atomic E-state index is -0.185. The van der Waals surface area contributed by atoms with Gasteiger partial charge in [0.15, 0.2) is 5.75 Å². The molecule has 0 aliphatic carbocycles. The van der Waals surface area contributed by atoms with Crippen LogP contribution in [0.3, 0.4) is 0 Å². The fourth-order valence-corrected chi connectivity index (χ4v) is 3.05. The Kier molecular flexibility index (Phi) is 5.71. The molecule has 0 aliphatic rings. The SMILES string of the molecule is COc1ccc(C(C)(C)c2ccc(Oc3ccc(OC#N)c(C#N)c3)cc2)cc1. The van der Waals surface area contributed by atoms with Crippen molar-refractivity contribution in [2.45, 2.75) is 19.3 Å². The number of benzene rings is 3. The predicted octanol–water partition coefficient (Wildman–Crippen LogP) is 5.54. The van der Waals surface area contributed by atoms with E-state index in [9.17, 15) is 5.26 Å². The topological polar surface area (TPSA) is 75.3 Å². The van der Waals surface area contributed by atoms with E-state index in [1.807, 2.05) is 42.5 Å². The van der Waals surface area contributed by atoms with E-state index in [0.717, 1.165) is 11.3 Å². The van der Waals surface area contributed by atoms with Crippen LogP contribution in [0.4, 0.5) is 0 Å². The van der Waals surface area contributed by atoms with E-state index in [2.05, 4.69) is 26.0 Å². The average molecular weight is 384 g/mol. The maximum Gasteiger partial charge on any atom is 0.292 e. The van der Waals surface area contributed by atoms with Crippen LogP contribution in [0.1, 0.15) is 30.5 Å². The Hall–Kier alpha value is -3.96. The van der Waals surface area contributed by atoms with Crippen LogP contribution in [-0.4, -0.2) is 7.11 Å². The van der Waals surface area contributed by atoms with Gasteiger partial charge in [0.1, 0.15) is 23.3 Å². The Morgan fingerprint density at radius 3 is 1.83 bits per heavy atom. The molecule has 144 valence electrons. The largest absolute Gasteiger partial charge is 0.497 e. The molecule has 3 aromatic rings. The zero-order valence-electron chi connectivity index (χ0n) is 16.5. The molecule has 0 saturated carbocycles. The Balaban J connectivity index is 1.79. The number of methoxy groups -OCH3 is 1. The van der Waals surface area contributed by atoms with Crippen LogP contribution in [-0.2, 0) is 5.41 Å². The van der Waals surface area contributed by atoms with Crippen molar-refractivity contribution < 1.29 is 14.2 Å². The van der Waals surface area contributed by atoms with Crippen LogP contribution >= 0.6 is 0 Å². The minimum absolute atomic E-state index is 0.185. The Bertz CT molecular complexity index is 1070. The normalized spacial score (nSPS) is 10.5. The number of nitriles is 2. The first kappa shape index (κ1) is 19.8. The standard InChI is InChI=1S/C24H20N2O3/c1-24(2,18-4-8-20(27-3)9-5-18)19-6-10-21(11-7-19)29-22-12-13-23(28-16-26)17(14-22)15-25/h4-14H,1-3H3. The highest BCUT2D eigenvalue weighted by Crippen LogP contribution is 2.34. The van der Waals surface area contributed by atoms with Gasteiger partial charge >= 0.3 is 0 Å². The molecule has 0 unspecified atom stereocenters. The van der Waals surface area contributed by atoms with Crippen molar-refractivity contribution >= 4 is 0 Å². The van der Waals surface area contributed by atoms with E-state index in [1.54, 1.807) is 25.5 Å². The van der Waals surface area contributed by atoms with E-state index in [4.69, 9.17) is 19.5 Å². The Labute approximate surface area is 170 Å². The Morgan fingerprint density at radius 1 is 0.759 bits per heavy atom. The first-order valence-corrected chi connectivity index (χ1v) is 9.01. The van der Waals surface area contributed by atoms with Gasteiger partial charge in [-0.15, -0.1) is 5.26 Å². The van der Waals surface area contributed by atoms with Gasteiger partial charge in [-0.1, -0.05) is 38.1 Å². The summed E-state index contributed by atoms with van der Waals surface area (Å²) in [7, 11) is 1.66. The van der Waals surface area contributed by atoms with Gasteiger partial charge in [-0.25, -0.2) is 0 Å². The fraction of sp³-hybridized carbons (Fsp3) is 0.167. The second kappa shape index (κ2) is 8.37. The third-order valence-corrected chi connectivity index (χ3v) is 4.85. The quantitative estimate of drug-likeness (QED) is 0.521. The smallest absolute Gasteiger partial charge is 0.292 e. The molecule has 0 amide bonds. The van der Waals surface area contributed by atoms with Gasteiger partial charge in [-0.05, 0) is 47.5 Å². The van der Waals surface area contributed by atoms with Crippen molar-refractivity contribution in [1.29, 1.82) is 10.5 Å². The summed E-state index contributed by atoms with van der Waals surface area (Å²) >= 11 is 0. The molecule has 5 nitrogen and oxygen atoms in total. The molecule has 0 aromatic heterocycles. The molecule has 0 heterocycles. The monoisotopic (exact) mass is 384 g/mol. The third-order valence-electron chi connectivity index (χ3n) is 4.85. The molecular formula is C24H20N2O3. The maximum absolute atomic E-state index is 9.20. The van der Waals surface area contributed by atoms with E-state index in [1.165, 1.54) is 11.6 Å². The molecule has 0 saturated heterocycles. The fourth-order valence-electron chi connectivity index (χ4n) is 3.05. The summed E-state index contributed by atoms with van der Waals surface area (Å²) < 4.78 is 15.9. The molecule has 29 heavy (non-hydrogen) atoms. The molecule has 0 bridgehead atoms. The highest BCUT2D eigenvalue weighted by atomic mass is 16.5. The molecular weight excluding hydrogens is 364 g/mol. The van der Waals surface area contributed by atoms with Crippen LogP contribution < -0.4 is 14.2 Å². The van der Waals surface area contributed by atoms with E-state index >= 15 is 0 Å². The van der Waals surface area contributed by atoms with Crippen molar-refractivity contribution in [2.75, 3.05) is 7.11 Å². The van der Waals surface area contributed by atoms with Crippen LogP contribution in [0.15, 0.2) is 66.7 Å². The van der Waals surface area contributed by atoms with E-state index < -0.39 is 0 Å². The van der Waals surface area contributed by atoms with Crippen LogP contribution in [0.5, 0.6) is 23.0 Å². The molecule has 3 aromatic carbocycles. The van der Waals surface area contributed by atoms with Crippen molar-refractivity contribution in [3.63, 3.8) is 0 Å². The summed E-state index contributed by atoms with van der Waals surface area (Å²) in [6.45, 7) is 4.33. The zero-order chi connectivity index (χ0) is 20.9. The lowest BCUT2D eigenvalue weighted by molar-refractivity contribution is 0.414. The molecule has 0 N–H and O–H groups in total. The van der Waals surface area contributed by atoms with Gasteiger partial charge in [0.25, 0.3) is 6.26 Å². The van der Waals surface area contributed by atoms with Gasteiger partial charge in [-0.2, -0.15) is 5.26 Å². The third kappa shape index (κ3) is 4.31. The minimum Gasteiger partial charge on any atom is -0.497 e. The highest BCUT2D eigenvalue weighted by Gasteiger charge is 2.23. The molecule has 0 atom stereocenters. The first-order chi connectivity index (χ1) is 14.0. The lowest BCUT2D eigenvalue weighted by atomic mass is 9.78.